The Morgan fingerprint density at radius 3 is 2.65 bits per heavy atom. The molecule has 0 radical (unpaired) electrons. The van der Waals surface area contributed by atoms with Gasteiger partial charge in [0.25, 0.3) is 0 Å². The number of benzene rings is 1. The number of ether oxygens (including phenoxy) is 1. The molecule has 2 amide bonds. The van der Waals surface area contributed by atoms with Gasteiger partial charge in [-0.1, -0.05) is 25.0 Å². The molecule has 6 nitrogen and oxygen atoms in total. The molecule has 0 bridgehead atoms. The van der Waals surface area contributed by atoms with Crippen LogP contribution in [0.15, 0.2) is 24.3 Å². The second-order valence-corrected chi connectivity index (χ2v) is 5.97. The van der Waals surface area contributed by atoms with Gasteiger partial charge in [0.2, 0.25) is 0 Å². The van der Waals surface area contributed by atoms with Crippen LogP contribution in [-0.4, -0.2) is 37.3 Å². The molecule has 0 heterocycles. The third-order valence-electron chi connectivity index (χ3n) is 4.45. The minimum atomic E-state index is -0.922. The highest BCUT2D eigenvalue weighted by molar-refractivity contribution is 5.75. The van der Waals surface area contributed by atoms with Gasteiger partial charge in [0, 0.05) is 18.5 Å². The zero-order valence-corrected chi connectivity index (χ0v) is 13.4. The second-order valence-electron chi connectivity index (χ2n) is 5.97. The van der Waals surface area contributed by atoms with E-state index in [1.165, 1.54) is 5.56 Å². The van der Waals surface area contributed by atoms with Crippen molar-refractivity contribution in [2.45, 2.75) is 37.5 Å². The summed E-state index contributed by atoms with van der Waals surface area (Å²) < 4.78 is 5.31. The summed E-state index contributed by atoms with van der Waals surface area (Å²) in [6.45, 7) is 0.673. The number of carboxylic acid groups (broad SMARTS) is 1. The van der Waals surface area contributed by atoms with Gasteiger partial charge in [-0.25, -0.2) is 4.79 Å². The van der Waals surface area contributed by atoms with Crippen molar-refractivity contribution in [2.75, 3.05) is 20.2 Å². The predicted octanol–water partition coefficient (Wildman–Crippen LogP) is 2.28. The molecule has 3 N–H and O–H groups in total. The van der Waals surface area contributed by atoms with E-state index in [9.17, 15) is 9.59 Å². The number of hydrogen-bond acceptors (Lipinski definition) is 3. The lowest BCUT2D eigenvalue weighted by Crippen LogP contribution is -2.44. The summed E-state index contributed by atoms with van der Waals surface area (Å²) in [7, 11) is 1.65. The molecule has 1 fully saturated rings. The maximum atomic E-state index is 11.8. The molecule has 1 aromatic rings. The van der Waals surface area contributed by atoms with Gasteiger partial charge >= 0.3 is 12.0 Å². The Labute approximate surface area is 136 Å². The summed E-state index contributed by atoms with van der Waals surface area (Å²) in [4.78, 5) is 22.3. The third kappa shape index (κ3) is 4.61. The van der Waals surface area contributed by atoms with Gasteiger partial charge < -0.3 is 20.5 Å². The van der Waals surface area contributed by atoms with Crippen LogP contribution in [-0.2, 0) is 10.2 Å². The van der Waals surface area contributed by atoms with Crippen LogP contribution in [0, 0.1) is 0 Å². The van der Waals surface area contributed by atoms with Gasteiger partial charge in [-0.05, 0) is 30.5 Å². The third-order valence-corrected chi connectivity index (χ3v) is 4.45. The van der Waals surface area contributed by atoms with Gasteiger partial charge in [-0.15, -0.1) is 0 Å². The Morgan fingerprint density at radius 1 is 1.26 bits per heavy atom. The first kappa shape index (κ1) is 17.1. The van der Waals surface area contributed by atoms with Crippen LogP contribution in [0.5, 0.6) is 5.75 Å². The molecular weight excluding hydrogens is 296 g/mol. The Morgan fingerprint density at radius 2 is 2.00 bits per heavy atom. The molecule has 0 spiro atoms. The summed E-state index contributed by atoms with van der Waals surface area (Å²) in [5, 5.41) is 14.0. The van der Waals surface area contributed by atoms with Gasteiger partial charge in [-0.3, -0.25) is 4.79 Å². The predicted molar refractivity (Wildman–Crippen MR) is 86.8 cm³/mol. The minimum absolute atomic E-state index is 0.0708. The molecule has 0 aromatic heterocycles. The highest BCUT2D eigenvalue weighted by Gasteiger charge is 2.36. The van der Waals surface area contributed by atoms with Crippen LogP contribution in [0.1, 0.15) is 37.7 Å². The second kappa shape index (κ2) is 7.85. The van der Waals surface area contributed by atoms with Gasteiger partial charge in [0.15, 0.2) is 0 Å². The van der Waals surface area contributed by atoms with E-state index in [2.05, 4.69) is 16.7 Å². The summed E-state index contributed by atoms with van der Waals surface area (Å²) in [5.41, 5.74) is 1.11. The van der Waals surface area contributed by atoms with Crippen molar-refractivity contribution < 1.29 is 19.4 Å². The van der Waals surface area contributed by atoms with Crippen molar-refractivity contribution in [3.05, 3.63) is 29.8 Å². The highest BCUT2D eigenvalue weighted by Crippen LogP contribution is 2.41. The fraction of sp³-hybridized carbons (Fsp3) is 0.529. The smallest absolute Gasteiger partial charge is 0.314 e. The molecule has 1 aromatic carbocycles. The average Bonchev–Trinajstić information content (AvgIpc) is 3.03. The number of aliphatic carboxylic acids is 1. The zero-order chi connectivity index (χ0) is 16.7. The SMILES string of the molecule is COc1cccc(C2(CNC(=O)NCCC(=O)O)CCCC2)c1. The molecule has 0 saturated heterocycles. The quantitative estimate of drug-likeness (QED) is 0.719. The van der Waals surface area contributed by atoms with Crippen molar-refractivity contribution in [3.63, 3.8) is 0 Å². The average molecular weight is 320 g/mol. The monoisotopic (exact) mass is 320 g/mol. The van der Waals surface area contributed by atoms with Crippen LogP contribution in [0.2, 0.25) is 0 Å². The van der Waals surface area contributed by atoms with Crippen molar-refractivity contribution >= 4 is 12.0 Å². The fourth-order valence-electron chi connectivity index (χ4n) is 3.17. The van der Waals surface area contributed by atoms with Gasteiger partial charge in [0.05, 0.1) is 13.5 Å². The lowest BCUT2D eigenvalue weighted by Gasteiger charge is -2.30. The molecule has 0 aliphatic heterocycles. The lowest BCUT2D eigenvalue weighted by molar-refractivity contribution is -0.136. The molecule has 23 heavy (non-hydrogen) atoms. The minimum Gasteiger partial charge on any atom is -0.497 e. The molecule has 1 saturated carbocycles. The van der Waals surface area contributed by atoms with Gasteiger partial charge in [-0.2, -0.15) is 0 Å². The largest absolute Gasteiger partial charge is 0.497 e. The zero-order valence-electron chi connectivity index (χ0n) is 13.4. The first-order valence-electron chi connectivity index (χ1n) is 7.94. The molecule has 1 aliphatic rings. The maximum Gasteiger partial charge on any atom is 0.314 e. The maximum absolute atomic E-state index is 11.8. The number of carboxylic acids is 1. The lowest BCUT2D eigenvalue weighted by atomic mass is 9.78. The number of amides is 2. The summed E-state index contributed by atoms with van der Waals surface area (Å²) >= 11 is 0. The summed E-state index contributed by atoms with van der Waals surface area (Å²) in [6.07, 6.45) is 4.25. The van der Waals surface area contributed by atoms with Crippen molar-refractivity contribution in [1.29, 1.82) is 0 Å². The number of hydrogen-bond donors (Lipinski definition) is 3. The van der Waals surface area contributed by atoms with Gasteiger partial charge in [0.1, 0.15) is 5.75 Å². The molecule has 126 valence electrons. The van der Waals surface area contributed by atoms with E-state index in [-0.39, 0.29) is 24.4 Å². The number of methoxy groups -OCH3 is 1. The van der Waals surface area contributed by atoms with E-state index in [0.29, 0.717) is 6.54 Å². The van der Waals surface area contributed by atoms with Crippen molar-refractivity contribution in [2.24, 2.45) is 0 Å². The van der Waals surface area contributed by atoms with Crippen LogP contribution < -0.4 is 15.4 Å². The number of urea groups is 1. The van der Waals surface area contributed by atoms with Crippen molar-refractivity contribution in [3.8, 4) is 5.75 Å². The molecule has 1 aliphatic carbocycles. The van der Waals surface area contributed by atoms with Crippen LogP contribution in [0.3, 0.4) is 0 Å². The molecule has 6 heteroatoms. The molecule has 0 unspecified atom stereocenters. The van der Waals surface area contributed by atoms with Crippen LogP contribution >= 0.6 is 0 Å². The molecule has 0 atom stereocenters. The number of carbonyl (C=O) groups is 2. The number of nitrogens with one attached hydrogen (secondary N) is 2. The molecular formula is C17H24N2O4. The number of rotatable bonds is 7. The van der Waals surface area contributed by atoms with E-state index < -0.39 is 5.97 Å². The topological polar surface area (TPSA) is 87.7 Å². The standard InChI is InChI=1S/C17H24N2O4/c1-23-14-6-4-5-13(11-14)17(8-2-3-9-17)12-19-16(22)18-10-7-15(20)21/h4-6,11H,2-3,7-10,12H2,1H3,(H,20,21)(H2,18,19,22). The number of carbonyl (C=O) groups excluding carboxylic acids is 1. The Balaban J connectivity index is 1.98. The Kier molecular flexibility index (Phi) is 5.84. The van der Waals surface area contributed by atoms with E-state index in [1.54, 1.807) is 7.11 Å². The summed E-state index contributed by atoms with van der Waals surface area (Å²) in [5.74, 6) is -0.103. The van der Waals surface area contributed by atoms with E-state index in [4.69, 9.17) is 9.84 Å². The van der Waals surface area contributed by atoms with E-state index in [1.807, 2.05) is 18.2 Å². The van der Waals surface area contributed by atoms with Crippen LogP contribution in [0.25, 0.3) is 0 Å². The normalized spacial score (nSPS) is 15.9. The highest BCUT2D eigenvalue weighted by atomic mass is 16.5. The van der Waals surface area contributed by atoms with E-state index >= 15 is 0 Å². The molecule has 2 rings (SSSR count). The summed E-state index contributed by atoms with van der Waals surface area (Å²) in [6, 6.07) is 7.69. The Hall–Kier alpha value is -2.24. The van der Waals surface area contributed by atoms with E-state index in [0.717, 1.165) is 31.4 Å². The van der Waals surface area contributed by atoms with Crippen molar-refractivity contribution in [1.82, 2.24) is 10.6 Å². The van der Waals surface area contributed by atoms with Crippen LogP contribution in [0.4, 0.5) is 4.79 Å². The fourth-order valence-corrected chi connectivity index (χ4v) is 3.17. The Bertz CT molecular complexity index is 553. The first-order chi connectivity index (χ1) is 11.1. The first-order valence-corrected chi connectivity index (χ1v) is 7.94.